The first-order valence-electron chi connectivity index (χ1n) is 15.2. The lowest BCUT2D eigenvalue weighted by Gasteiger charge is -2.33. The van der Waals surface area contributed by atoms with E-state index in [2.05, 4.69) is 16.0 Å². The van der Waals surface area contributed by atoms with Crippen LogP contribution in [0.3, 0.4) is 0 Å². The minimum Gasteiger partial charge on any atom is -0.480 e. The number of ketones is 1. The average molecular weight is 610 g/mol. The summed E-state index contributed by atoms with van der Waals surface area (Å²) in [5.74, 6) is -4.95. The molecule has 0 aromatic rings. The number of hydrogen-bond donors (Lipinski definition) is 4. The highest BCUT2D eigenvalue weighted by Crippen LogP contribution is 2.21. The van der Waals surface area contributed by atoms with Crippen molar-refractivity contribution in [2.75, 3.05) is 26.2 Å². The van der Waals surface area contributed by atoms with Gasteiger partial charge in [-0.15, -0.1) is 0 Å². The lowest BCUT2D eigenvalue weighted by Crippen LogP contribution is -2.57. The molecular formula is C29H47N5O9. The number of Topliss-reactive ketones (excluding diaryl/α,β-unsaturated/α-hetero) is 1. The van der Waals surface area contributed by atoms with Gasteiger partial charge >= 0.3 is 12.1 Å². The summed E-state index contributed by atoms with van der Waals surface area (Å²) >= 11 is 0. The Morgan fingerprint density at radius 3 is 2.14 bits per heavy atom. The highest BCUT2D eigenvalue weighted by molar-refractivity contribution is 6.38. The van der Waals surface area contributed by atoms with E-state index in [1.807, 2.05) is 13.8 Å². The van der Waals surface area contributed by atoms with Crippen LogP contribution in [0, 0.1) is 11.8 Å². The number of nitrogens with zero attached hydrogens (tertiary/aromatic N) is 2. The fourth-order valence-corrected chi connectivity index (χ4v) is 5.22. The molecule has 2 fully saturated rings. The Labute approximate surface area is 252 Å². The van der Waals surface area contributed by atoms with Crippen molar-refractivity contribution in [3.05, 3.63) is 0 Å². The second-order valence-corrected chi connectivity index (χ2v) is 11.9. The number of nitrogens with one attached hydrogen (secondary N) is 3. The van der Waals surface area contributed by atoms with E-state index in [1.54, 1.807) is 20.8 Å². The molecule has 0 aliphatic carbocycles. The predicted molar refractivity (Wildman–Crippen MR) is 155 cm³/mol. The molecule has 0 spiro atoms. The number of hydrogen-bond acceptors (Lipinski definition) is 8. The zero-order chi connectivity index (χ0) is 32.3. The van der Waals surface area contributed by atoms with E-state index in [4.69, 9.17) is 4.74 Å². The monoisotopic (exact) mass is 609 g/mol. The van der Waals surface area contributed by atoms with Crippen molar-refractivity contribution in [2.24, 2.45) is 11.8 Å². The van der Waals surface area contributed by atoms with Crippen molar-refractivity contribution in [2.45, 2.75) is 104 Å². The maximum atomic E-state index is 13.4. The first kappa shape index (κ1) is 35.5. The highest BCUT2D eigenvalue weighted by Gasteiger charge is 2.40. The van der Waals surface area contributed by atoms with Crippen LogP contribution in [0.1, 0.15) is 79.6 Å². The number of carbonyl (C=O) groups is 7. The van der Waals surface area contributed by atoms with Crippen LogP contribution in [0.25, 0.3) is 0 Å². The molecule has 0 bridgehead atoms. The van der Waals surface area contributed by atoms with E-state index in [0.717, 1.165) is 0 Å². The molecule has 0 aromatic heterocycles. The zero-order valence-corrected chi connectivity index (χ0v) is 25.8. The van der Waals surface area contributed by atoms with Crippen LogP contribution >= 0.6 is 0 Å². The third kappa shape index (κ3) is 10.2. The Morgan fingerprint density at radius 2 is 1.53 bits per heavy atom. The Bertz CT molecular complexity index is 1050. The molecule has 4 atom stereocenters. The maximum absolute atomic E-state index is 13.4. The van der Waals surface area contributed by atoms with Gasteiger partial charge in [0.1, 0.15) is 18.1 Å². The van der Waals surface area contributed by atoms with E-state index in [0.29, 0.717) is 38.5 Å². The van der Waals surface area contributed by atoms with E-state index < -0.39 is 72.2 Å². The molecule has 14 heteroatoms. The van der Waals surface area contributed by atoms with E-state index in [1.165, 1.54) is 9.80 Å². The number of rotatable bonds is 14. The summed E-state index contributed by atoms with van der Waals surface area (Å²) in [5, 5.41) is 16.9. The molecule has 2 aliphatic heterocycles. The molecule has 43 heavy (non-hydrogen) atoms. The maximum Gasteiger partial charge on any atom is 0.407 e. The first-order valence-corrected chi connectivity index (χ1v) is 15.2. The van der Waals surface area contributed by atoms with Crippen molar-refractivity contribution in [1.29, 1.82) is 0 Å². The minimum atomic E-state index is -1.18. The van der Waals surface area contributed by atoms with E-state index in [9.17, 15) is 38.7 Å². The fourth-order valence-electron chi connectivity index (χ4n) is 5.22. The summed E-state index contributed by atoms with van der Waals surface area (Å²) in [6.45, 7) is 9.26. The third-order valence-corrected chi connectivity index (χ3v) is 7.53. The number of carboxylic acids is 1. The van der Waals surface area contributed by atoms with Crippen molar-refractivity contribution < 1.29 is 43.4 Å². The molecule has 0 radical (unpaired) electrons. The quantitative estimate of drug-likeness (QED) is 0.206. The molecule has 14 nitrogen and oxygen atoms in total. The highest BCUT2D eigenvalue weighted by atomic mass is 16.5. The SMILES string of the molecule is CCCC(NC(=O)[C@@H]1CCCN1C(=O)[C@@H](NC(=O)OCC(C)C)C(C)C)C(=O)C(=O)NCC(=O)N1CCCCC1C(=O)O. The number of aliphatic carboxylic acids is 1. The summed E-state index contributed by atoms with van der Waals surface area (Å²) in [5.41, 5.74) is 0. The van der Waals surface area contributed by atoms with Crippen LogP contribution in [0.4, 0.5) is 4.79 Å². The summed E-state index contributed by atoms with van der Waals surface area (Å²) in [6, 6.07) is -3.98. The van der Waals surface area contributed by atoms with Gasteiger partial charge in [-0.25, -0.2) is 9.59 Å². The molecule has 2 aliphatic rings. The van der Waals surface area contributed by atoms with Gasteiger partial charge < -0.3 is 35.6 Å². The van der Waals surface area contributed by atoms with Crippen LogP contribution in [0.2, 0.25) is 0 Å². The van der Waals surface area contributed by atoms with Crippen LogP contribution < -0.4 is 16.0 Å². The predicted octanol–water partition coefficient (Wildman–Crippen LogP) is 0.820. The first-order chi connectivity index (χ1) is 20.3. The molecule has 5 amide bonds. The molecule has 2 unspecified atom stereocenters. The molecule has 4 N–H and O–H groups in total. The minimum absolute atomic E-state index is 0.117. The second kappa shape index (κ2) is 16.8. The van der Waals surface area contributed by atoms with Gasteiger partial charge in [-0.1, -0.05) is 41.0 Å². The number of amides is 5. The van der Waals surface area contributed by atoms with Gasteiger partial charge in [0, 0.05) is 13.1 Å². The number of alkyl carbamates (subject to hydrolysis) is 1. The number of carboxylic acid groups (broad SMARTS) is 1. The van der Waals surface area contributed by atoms with Gasteiger partial charge in [-0.3, -0.25) is 24.0 Å². The topological polar surface area (TPSA) is 192 Å². The summed E-state index contributed by atoms with van der Waals surface area (Å²) in [7, 11) is 0. The summed E-state index contributed by atoms with van der Waals surface area (Å²) in [6.07, 6.45) is 2.40. The number of piperidine rings is 1. The third-order valence-electron chi connectivity index (χ3n) is 7.53. The van der Waals surface area contributed by atoms with Gasteiger partial charge in [0.2, 0.25) is 23.5 Å². The Kier molecular flexibility index (Phi) is 13.9. The van der Waals surface area contributed by atoms with Gasteiger partial charge in [0.15, 0.2) is 0 Å². The average Bonchev–Trinajstić information content (AvgIpc) is 3.46. The van der Waals surface area contributed by atoms with Crippen LogP contribution in [-0.2, 0) is 33.5 Å². The lowest BCUT2D eigenvalue weighted by molar-refractivity contribution is -0.152. The molecular weight excluding hydrogens is 562 g/mol. The van der Waals surface area contributed by atoms with Crippen molar-refractivity contribution in [3.63, 3.8) is 0 Å². The number of likely N-dealkylation sites (tertiary alicyclic amines) is 2. The second-order valence-electron chi connectivity index (χ2n) is 11.9. The molecule has 2 rings (SSSR count). The fraction of sp³-hybridized carbons (Fsp3) is 0.759. The van der Waals surface area contributed by atoms with Gasteiger partial charge in [0.25, 0.3) is 5.91 Å². The standard InChI is InChI=1S/C29H47N5O9/c1-6-10-19(24(36)26(38)30-15-22(35)33-13-8-7-11-21(33)28(40)41)31-25(37)20-12-9-14-34(20)27(39)23(18(4)5)32-29(42)43-16-17(2)3/h17-21,23H,6-16H2,1-5H3,(H,30,38)(H,31,37)(H,32,42)(H,40,41)/t19?,20-,21?,23-/m0/s1. The van der Waals surface area contributed by atoms with Crippen LogP contribution in [0.15, 0.2) is 0 Å². The van der Waals surface area contributed by atoms with E-state index in [-0.39, 0.29) is 38.0 Å². The lowest BCUT2D eigenvalue weighted by atomic mass is 10.0. The van der Waals surface area contributed by atoms with Crippen LogP contribution in [0.5, 0.6) is 0 Å². The van der Waals surface area contributed by atoms with Crippen molar-refractivity contribution in [3.8, 4) is 0 Å². The van der Waals surface area contributed by atoms with Crippen LogP contribution in [-0.4, -0.2) is 107 Å². The Morgan fingerprint density at radius 1 is 0.884 bits per heavy atom. The number of ether oxygens (including phenoxy) is 1. The Balaban J connectivity index is 2.03. The zero-order valence-electron chi connectivity index (χ0n) is 25.8. The summed E-state index contributed by atoms with van der Waals surface area (Å²) < 4.78 is 5.16. The smallest absolute Gasteiger partial charge is 0.407 e. The van der Waals surface area contributed by atoms with Crippen molar-refractivity contribution in [1.82, 2.24) is 25.8 Å². The molecule has 2 saturated heterocycles. The Hall–Kier alpha value is -3.71. The van der Waals surface area contributed by atoms with Gasteiger partial charge in [-0.2, -0.15) is 0 Å². The number of carbonyl (C=O) groups excluding carboxylic acids is 6. The summed E-state index contributed by atoms with van der Waals surface area (Å²) in [4.78, 5) is 91.4. The van der Waals surface area contributed by atoms with Crippen molar-refractivity contribution >= 4 is 41.5 Å². The van der Waals surface area contributed by atoms with E-state index >= 15 is 0 Å². The molecule has 0 saturated carbocycles. The normalized spacial score (nSPS) is 19.9. The molecule has 0 aromatic carbocycles. The largest absolute Gasteiger partial charge is 0.480 e. The molecule has 242 valence electrons. The molecule has 2 heterocycles. The van der Waals surface area contributed by atoms with Gasteiger partial charge in [0.05, 0.1) is 19.2 Å². The van der Waals surface area contributed by atoms with Gasteiger partial charge in [-0.05, 0) is 50.4 Å².